The van der Waals surface area contributed by atoms with E-state index in [1.165, 1.54) is 25.3 Å². The van der Waals surface area contributed by atoms with Gasteiger partial charge < -0.3 is 20.0 Å². The first kappa shape index (κ1) is 16.7. The highest BCUT2D eigenvalue weighted by molar-refractivity contribution is 5.96. The van der Waals surface area contributed by atoms with Gasteiger partial charge >= 0.3 is 0 Å². The fraction of sp³-hybridized carbons (Fsp3) is 0.467. The van der Waals surface area contributed by atoms with Gasteiger partial charge in [-0.3, -0.25) is 14.9 Å². The largest absolute Gasteiger partial charge is 0.550 e. The number of nitro groups is 1. The first-order valence-corrected chi connectivity index (χ1v) is 7.28. The summed E-state index contributed by atoms with van der Waals surface area (Å²) in [4.78, 5) is 33.9. The minimum Gasteiger partial charge on any atom is -0.550 e. The van der Waals surface area contributed by atoms with Gasteiger partial charge in [0.1, 0.15) is 5.75 Å². The van der Waals surface area contributed by atoms with Crippen LogP contribution in [0.2, 0.25) is 0 Å². The van der Waals surface area contributed by atoms with Gasteiger partial charge in [0.2, 0.25) is 5.91 Å². The lowest BCUT2D eigenvalue weighted by Crippen LogP contribution is -2.42. The van der Waals surface area contributed by atoms with Crippen LogP contribution < -0.4 is 15.2 Å². The van der Waals surface area contributed by atoms with E-state index in [9.17, 15) is 24.8 Å². The number of carboxylic acid groups (broad SMARTS) is 1. The average Bonchev–Trinajstić information content (AvgIpc) is 2.54. The van der Waals surface area contributed by atoms with Crippen molar-refractivity contribution in [3.05, 3.63) is 28.3 Å². The van der Waals surface area contributed by atoms with Gasteiger partial charge in [-0.1, -0.05) is 12.8 Å². The summed E-state index contributed by atoms with van der Waals surface area (Å²) < 4.78 is 5.08. The molecule has 23 heavy (non-hydrogen) atoms. The lowest BCUT2D eigenvalue weighted by Gasteiger charge is -2.31. The third kappa shape index (κ3) is 3.77. The fourth-order valence-corrected chi connectivity index (χ4v) is 2.86. The van der Waals surface area contributed by atoms with Crippen molar-refractivity contribution in [1.29, 1.82) is 0 Å². The van der Waals surface area contributed by atoms with Crippen molar-refractivity contribution >= 4 is 23.3 Å². The van der Waals surface area contributed by atoms with Crippen molar-refractivity contribution in [2.45, 2.75) is 25.7 Å². The molecular formula is C15H17N2O6-. The molecule has 8 nitrogen and oxygen atoms in total. The van der Waals surface area contributed by atoms with E-state index >= 15 is 0 Å². The molecular weight excluding hydrogens is 304 g/mol. The summed E-state index contributed by atoms with van der Waals surface area (Å²) in [5.74, 6) is -3.01. The van der Waals surface area contributed by atoms with E-state index in [0.29, 0.717) is 12.8 Å². The van der Waals surface area contributed by atoms with Crippen LogP contribution in [0.5, 0.6) is 5.75 Å². The Balaban J connectivity index is 2.23. The maximum absolute atomic E-state index is 12.4. The number of nitrogens with one attached hydrogen (secondary N) is 1. The molecule has 0 bridgehead atoms. The van der Waals surface area contributed by atoms with E-state index in [0.717, 1.165) is 12.8 Å². The van der Waals surface area contributed by atoms with Gasteiger partial charge in [0, 0.05) is 29.9 Å². The molecule has 0 unspecified atom stereocenters. The number of anilines is 1. The lowest BCUT2D eigenvalue weighted by atomic mass is 9.78. The van der Waals surface area contributed by atoms with Crippen LogP contribution >= 0.6 is 0 Å². The first-order valence-electron chi connectivity index (χ1n) is 7.28. The minimum absolute atomic E-state index is 0.148. The Morgan fingerprint density at radius 3 is 2.48 bits per heavy atom. The van der Waals surface area contributed by atoms with Crippen LogP contribution in [-0.2, 0) is 9.59 Å². The molecule has 2 atom stereocenters. The number of hydrogen-bond acceptors (Lipinski definition) is 6. The number of aliphatic carboxylic acids is 1. The maximum atomic E-state index is 12.4. The number of ether oxygens (including phenoxy) is 1. The van der Waals surface area contributed by atoms with Gasteiger partial charge in [-0.25, -0.2) is 0 Å². The Labute approximate surface area is 132 Å². The second kappa shape index (κ2) is 7.08. The molecule has 1 amide bonds. The summed E-state index contributed by atoms with van der Waals surface area (Å²) >= 11 is 0. The van der Waals surface area contributed by atoms with E-state index in [2.05, 4.69) is 5.32 Å². The van der Waals surface area contributed by atoms with Crippen LogP contribution in [0.1, 0.15) is 25.7 Å². The number of amides is 1. The Kier molecular flexibility index (Phi) is 5.15. The summed E-state index contributed by atoms with van der Waals surface area (Å²) in [7, 11) is 1.38. The molecule has 1 aliphatic rings. The number of non-ortho nitro benzene ring substituents is 1. The van der Waals surface area contributed by atoms with Gasteiger partial charge in [0.25, 0.3) is 5.69 Å². The number of rotatable bonds is 5. The molecule has 1 fully saturated rings. The highest BCUT2D eigenvalue weighted by atomic mass is 16.6. The number of hydrogen-bond donors (Lipinski definition) is 1. The SMILES string of the molecule is COc1ccc([N+](=O)[O-])cc1NC(=O)[C@@H]1CCCC[C@H]1C(=O)[O-]. The average molecular weight is 321 g/mol. The molecule has 0 radical (unpaired) electrons. The molecule has 0 saturated heterocycles. The van der Waals surface area contributed by atoms with Crippen molar-refractivity contribution < 1.29 is 24.4 Å². The van der Waals surface area contributed by atoms with Crippen LogP contribution in [0.3, 0.4) is 0 Å². The van der Waals surface area contributed by atoms with Crippen molar-refractivity contribution in [1.82, 2.24) is 0 Å². The topological polar surface area (TPSA) is 122 Å². The zero-order chi connectivity index (χ0) is 17.0. The minimum atomic E-state index is -1.24. The highest BCUT2D eigenvalue weighted by Gasteiger charge is 2.32. The molecule has 0 aliphatic heterocycles. The summed E-state index contributed by atoms with van der Waals surface area (Å²) in [6.45, 7) is 0. The van der Waals surface area contributed by atoms with Crippen LogP contribution in [-0.4, -0.2) is 23.9 Å². The van der Waals surface area contributed by atoms with Crippen LogP contribution in [0.4, 0.5) is 11.4 Å². The number of carboxylic acids is 1. The highest BCUT2D eigenvalue weighted by Crippen LogP contribution is 2.33. The second-order valence-electron chi connectivity index (χ2n) is 5.45. The normalized spacial score (nSPS) is 20.6. The van der Waals surface area contributed by atoms with Crippen molar-refractivity contribution in [2.24, 2.45) is 11.8 Å². The molecule has 1 N–H and O–H groups in total. The van der Waals surface area contributed by atoms with Gasteiger partial charge in [-0.15, -0.1) is 0 Å². The van der Waals surface area contributed by atoms with Gasteiger partial charge in [0.15, 0.2) is 0 Å². The number of nitrogens with zero attached hydrogens (tertiary/aromatic N) is 1. The van der Waals surface area contributed by atoms with Crippen LogP contribution in [0, 0.1) is 22.0 Å². The summed E-state index contributed by atoms with van der Waals surface area (Å²) in [6, 6.07) is 3.83. The molecule has 2 rings (SSSR count). The smallest absolute Gasteiger partial charge is 0.271 e. The van der Waals surface area contributed by atoms with E-state index < -0.39 is 28.6 Å². The Morgan fingerprint density at radius 1 is 1.26 bits per heavy atom. The summed E-state index contributed by atoms with van der Waals surface area (Å²) in [5, 5.41) is 24.6. The Hall–Kier alpha value is -2.64. The number of nitro benzene ring substituents is 1. The molecule has 0 aromatic heterocycles. The summed E-state index contributed by atoms with van der Waals surface area (Å²) in [6.07, 6.45) is 2.34. The molecule has 1 aromatic rings. The molecule has 1 aliphatic carbocycles. The number of benzene rings is 1. The number of carbonyl (C=O) groups is 2. The molecule has 0 heterocycles. The van der Waals surface area contributed by atoms with Gasteiger partial charge in [-0.05, 0) is 18.9 Å². The van der Waals surface area contributed by atoms with E-state index in [1.54, 1.807) is 0 Å². The van der Waals surface area contributed by atoms with Gasteiger partial charge in [-0.2, -0.15) is 0 Å². The predicted molar refractivity (Wildman–Crippen MR) is 78.7 cm³/mol. The molecule has 0 spiro atoms. The van der Waals surface area contributed by atoms with E-state index in [-0.39, 0.29) is 17.1 Å². The predicted octanol–water partition coefficient (Wildman–Crippen LogP) is 1.10. The monoisotopic (exact) mass is 321 g/mol. The van der Waals surface area contributed by atoms with Crippen molar-refractivity contribution in [3.8, 4) is 5.75 Å². The Morgan fingerprint density at radius 2 is 1.91 bits per heavy atom. The van der Waals surface area contributed by atoms with Crippen molar-refractivity contribution in [3.63, 3.8) is 0 Å². The van der Waals surface area contributed by atoms with Gasteiger partial charge in [0.05, 0.1) is 17.7 Å². The number of methoxy groups -OCH3 is 1. The second-order valence-corrected chi connectivity index (χ2v) is 5.45. The maximum Gasteiger partial charge on any atom is 0.271 e. The lowest BCUT2D eigenvalue weighted by molar-refractivity contribution is -0.384. The molecule has 8 heteroatoms. The molecule has 1 saturated carbocycles. The fourth-order valence-electron chi connectivity index (χ4n) is 2.86. The number of carbonyl (C=O) groups excluding carboxylic acids is 2. The zero-order valence-corrected chi connectivity index (χ0v) is 12.6. The van der Waals surface area contributed by atoms with E-state index in [1.807, 2.05) is 0 Å². The van der Waals surface area contributed by atoms with Crippen molar-refractivity contribution in [2.75, 3.05) is 12.4 Å². The third-order valence-corrected chi connectivity index (χ3v) is 4.06. The third-order valence-electron chi connectivity index (χ3n) is 4.06. The zero-order valence-electron chi connectivity index (χ0n) is 12.6. The van der Waals surface area contributed by atoms with Crippen LogP contribution in [0.15, 0.2) is 18.2 Å². The van der Waals surface area contributed by atoms with E-state index in [4.69, 9.17) is 4.74 Å². The quantitative estimate of drug-likeness (QED) is 0.640. The first-order chi connectivity index (χ1) is 10.9. The Bertz CT molecular complexity index is 630. The molecule has 1 aromatic carbocycles. The summed E-state index contributed by atoms with van der Waals surface area (Å²) in [5.41, 5.74) is -0.0458. The van der Waals surface area contributed by atoms with Crippen LogP contribution in [0.25, 0.3) is 0 Å². The standard InChI is InChI=1S/C15H18N2O6/c1-23-13-7-6-9(17(21)22)8-12(13)16-14(18)10-4-2-3-5-11(10)15(19)20/h6-8,10-11H,2-5H2,1H3,(H,16,18)(H,19,20)/p-1/t10-,11-/m1/s1. The molecule has 124 valence electrons.